The highest BCUT2D eigenvalue weighted by molar-refractivity contribution is 6.22. The van der Waals surface area contributed by atoms with Crippen LogP contribution in [0.15, 0.2) is 30.3 Å². The predicted octanol–water partition coefficient (Wildman–Crippen LogP) is 2.81. The molecule has 0 aliphatic heterocycles. The molecule has 0 N–H and O–H groups in total. The van der Waals surface area contributed by atoms with E-state index >= 15 is 0 Å². The molecule has 14 heavy (non-hydrogen) atoms. The van der Waals surface area contributed by atoms with E-state index in [2.05, 4.69) is 16.3 Å². The van der Waals surface area contributed by atoms with Gasteiger partial charge in [-0.15, -0.1) is 0 Å². The van der Waals surface area contributed by atoms with Crippen molar-refractivity contribution in [3.05, 3.63) is 30.3 Å². The van der Waals surface area contributed by atoms with Gasteiger partial charge in [0.15, 0.2) is 0 Å². The van der Waals surface area contributed by atoms with Gasteiger partial charge in [0.05, 0.1) is 0 Å². The number of para-hydroxylation sites is 1. The fourth-order valence-corrected chi connectivity index (χ4v) is 0.929. The molecule has 0 radical (unpaired) electrons. The highest BCUT2D eigenvalue weighted by Gasteiger charge is 2.29. The summed E-state index contributed by atoms with van der Waals surface area (Å²) in [5.41, 5.74) is 0. The summed E-state index contributed by atoms with van der Waals surface area (Å²) in [6, 6.07) is 7.95. The summed E-state index contributed by atoms with van der Waals surface area (Å²) in [6.07, 6.45) is -1.14. The number of halogens is 3. The lowest BCUT2D eigenvalue weighted by atomic mass is 10.3. The number of hydrogen-bond acceptors (Lipinski definition) is 2. The quantitative estimate of drug-likeness (QED) is 0.445. The highest BCUT2D eigenvalue weighted by atomic mass is 35.5. The SMILES string of the molecule is O=C(CC(F)(F)Cl)Oc1ccccc1. The molecule has 0 bridgehead atoms. The van der Waals surface area contributed by atoms with Gasteiger partial charge in [0, 0.05) is 0 Å². The van der Waals surface area contributed by atoms with Crippen LogP contribution in [0.25, 0.3) is 0 Å². The van der Waals surface area contributed by atoms with Gasteiger partial charge in [0.1, 0.15) is 12.2 Å². The first kappa shape index (κ1) is 10.9. The van der Waals surface area contributed by atoms with Crippen LogP contribution in [0.3, 0.4) is 0 Å². The van der Waals surface area contributed by atoms with Crippen LogP contribution in [0, 0.1) is 0 Å². The molecule has 0 amide bonds. The van der Waals surface area contributed by atoms with Gasteiger partial charge < -0.3 is 4.74 Å². The standard InChI is InChI=1S/C9H7ClF2O2/c10-9(11,12)6-8(13)14-7-4-2-1-3-5-7/h1-5H,6H2. The van der Waals surface area contributed by atoms with Crippen LogP contribution < -0.4 is 4.74 Å². The molecule has 5 heteroatoms. The van der Waals surface area contributed by atoms with Crippen molar-refractivity contribution in [2.24, 2.45) is 0 Å². The van der Waals surface area contributed by atoms with Gasteiger partial charge in [-0.1, -0.05) is 18.2 Å². The van der Waals surface area contributed by atoms with Gasteiger partial charge in [0.25, 0.3) is 0 Å². The fraction of sp³-hybridized carbons (Fsp3) is 0.222. The summed E-state index contributed by atoms with van der Waals surface area (Å²) in [4.78, 5) is 10.8. The maximum absolute atomic E-state index is 12.1. The Bertz CT molecular complexity index is 308. The van der Waals surface area contributed by atoms with Gasteiger partial charge in [-0.3, -0.25) is 4.79 Å². The van der Waals surface area contributed by atoms with Gasteiger partial charge in [-0.25, -0.2) is 0 Å². The zero-order valence-corrected chi connectivity index (χ0v) is 7.80. The summed E-state index contributed by atoms with van der Waals surface area (Å²) in [5, 5.41) is -3.55. The van der Waals surface area contributed by atoms with Crippen LogP contribution in [0.1, 0.15) is 6.42 Å². The van der Waals surface area contributed by atoms with Crippen LogP contribution in [0.4, 0.5) is 8.78 Å². The zero-order chi connectivity index (χ0) is 10.6. The van der Waals surface area contributed by atoms with Crippen molar-refractivity contribution < 1.29 is 18.3 Å². The Morgan fingerprint density at radius 3 is 2.43 bits per heavy atom. The lowest BCUT2D eigenvalue weighted by molar-refractivity contribution is -0.138. The molecule has 76 valence electrons. The second kappa shape index (κ2) is 4.37. The van der Waals surface area contributed by atoms with Gasteiger partial charge in [-0.2, -0.15) is 8.78 Å². The Hall–Kier alpha value is -1.16. The largest absolute Gasteiger partial charge is 0.426 e. The molecule has 0 heterocycles. The van der Waals surface area contributed by atoms with Crippen molar-refractivity contribution in [2.75, 3.05) is 0 Å². The Labute approximate surface area is 84.4 Å². The molecular formula is C9H7ClF2O2. The lowest BCUT2D eigenvalue weighted by Gasteiger charge is -2.07. The van der Waals surface area contributed by atoms with Crippen molar-refractivity contribution in [3.63, 3.8) is 0 Å². The zero-order valence-electron chi connectivity index (χ0n) is 7.04. The van der Waals surface area contributed by atoms with Crippen molar-refractivity contribution in [1.82, 2.24) is 0 Å². The third-order valence-electron chi connectivity index (χ3n) is 1.32. The number of hydrogen-bond donors (Lipinski definition) is 0. The van der Waals surface area contributed by atoms with E-state index in [4.69, 9.17) is 0 Å². The smallest absolute Gasteiger partial charge is 0.332 e. The summed E-state index contributed by atoms with van der Waals surface area (Å²) in [5.74, 6) is -0.838. The number of rotatable bonds is 3. The molecular weight excluding hydrogens is 214 g/mol. The highest BCUT2D eigenvalue weighted by Crippen LogP contribution is 2.24. The summed E-state index contributed by atoms with van der Waals surface area (Å²) < 4.78 is 28.9. The summed E-state index contributed by atoms with van der Waals surface area (Å²) >= 11 is 4.56. The topological polar surface area (TPSA) is 26.3 Å². The van der Waals surface area contributed by atoms with E-state index in [9.17, 15) is 13.6 Å². The van der Waals surface area contributed by atoms with Crippen LogP contribution >= 0.6 is 11.6 Å². The maximum Gasteiger partial charge on any atom is 0.332 e. The molecule has 0 fully saturated rings. The summed E-state index contributed by atoms with van der Waals surface area (Å²) in [6.45, 7) is 0. The first-order chi connectivity index (χ1) is 6.47. The van der Waals surface area contributed by atoms with Crippen LogP contribution in [-0.2, 0) is 4.79 Å². The molecule has 1 rings (SSSR count). The maximum atomic E-state index is 12.1. The predicted molar refractivity (Wildman–Crippen MR) is 47.5 cm³/mol. The Morgan fingerprint density at radius 2 is 1.93 bits per heavy atom. The van der Waals surface area contributed by atoms with E-state index in [1.54, 1.807) is 18.2 Å². The molecule has 0 spiro atoms. The van der Waals surface area contributed by atoms with Gasteiger partial charge in [-0.05, 0) is 23.7 Å². The lowest BCUT2D eigenvalue weighted by Crippen LogP contribution is -2.18. The average molecular weight is 221 g/mol. The van der Waals surface area contributed by atoms with Crippen LogP contribution in [0.2, 0.25) is 0 Å². The third kappa shape index (κ3) is 4.18. The van der Waals surface area contributed by atoms with E-state index in [1.165, 1.54) is 12.1 Å². The van der Waals surface area contributed by atoms with Crippen molar-refractivity contribution in [3.8, 4) is 5.75 Å². The number of carbonyl (C=O) groups excluding carboxylic acids is 1. The first-order valence-electron chi connectivity index (χ1n) is 3.80. The Balaban J connectivity index is 2.50. The molecule has 0 aromatic heterocycles. The second-order valence-electron chi connectivity index (χ2n) is 2.58. The number of ether oxygens (including phenoxy) is 1. The molecule has 1 aromatic carbocycles. The minimum Gasteiger partial charge on any atom is -0.426 e. The number of benzene rings is 1. The van der Waals surface area contributed by atoms with E-state index in [1.807, 2.05) is 0 Å². The molecule has 1 aromatic rings. The number of esters is 1. The van der Waals surface area contributed by atoms with Crippen molar-refractivity contribution in [2.45, 2.75) is 11.8 Å². The third-order valence-corrected chi connectivity index (χ3v) is 1.45. The van der Waals surface area contributed by atoms with Crippen LogP contribution in [-0.4, -0.2) is 11.4 Å². The molecule has 0 aliphatic carbocycles. The molecule has 2 nitrogen and oxygen atoms in total. The normalized spacial score (nSPS) is 11.1. The molecule has 0 unspecified atom stereocenters. The summed E-state index contributed by atoms with van der Waals surface area (Å²) in [7, 11) is 0. The first-order valence-corrected chi connectivity index (χ1v) is 4.18. The number of carbonyl (C=O) groups is 1. The van der Waals surface area contributed by atoms with E-state index in [0.29, 0.717) is 0 Å². The van der Waals surface area contributed by atoms with Crippen molar-refractivity contribution in [1.29, 1.82) is 0 Å². The average Bonchev–Trinajstić information content (AvgIpc) is 2.02. The van der Waals surface area contributed by atoms with E-state index in [-0.39, 0.29) is 5.75 Å². The molecule has 0 saturated heterocycles. The van der Waals surface area contributed by atoms with Crippen LogP contribution in [0.5, 0.6) is 5.75 Å². The fourth-order valence-electron chi connectivity index (χ4n) is 0.820. The minimum absolute atomic E-state index is 0.221. The monoisotopic (exact) mass is 220 g/mol. The minimum atomic E-state index is -3.55. The molecule has 0 aliphatic rings. The molecule has 0 saturated carbocycles. The Kier molecular flexibility index (Phi) is 3.41. The molecule has 0 atom stereocenters. The van der Waals surface area contributed by atoms with E-state index < -0.39 is 17.8 Å². The van der Waals surface area contributed by atoms with Gasteiger partial charge >= 0.3 is 11.4 Å². The number of alkyl halides is 3. The Morgan fingerprint density at radius 1 is 1.36 bits per heavy atom. The second-order valence-corrected chi connectivity index (χ2v) is 3.13. The van der Waals surface area contributed by atoms with E-state index in [0.717, 1.165) is 0 Å². The van der Waals surface area contributed by atoms with Gasteiger partial charge in [0.2, 0.25) is 0 Å². The van der Waals surface area contributed by atoms with Crippen molar-refractivity contribution >= 4 is 17.6 Å².